The van der Waals surface area contributed by atoms with E-state index in [-0.39, 0.29) is 11.9 Å². The highest BCUT2D eigenvalue weighted by atomic mass is 35.5. The number of halogens is 1. The standard InChI is InChI=1S/C16H10ClN5OS/c17-11-6-4-10(5-7-11)13-9-24-16-20-15(21-22(13)16)19-14(23)12-3-1-2-8-18-12/h1-9H,(H,19,21,23). The molecule has 24 heavy (non-hydrogen) atoms. The molecule has 6 nitrogen and oxygen atoms in total. The smallest absolute Gasteiger partial charge is 0.276 e. The molecule has 0 fully saturated rings. The number of hydrogen-bond acceptors (Lipinski definition) is 5. The monoisotopic (exact) mass is 355 g/mol. The largest absolute Gasteiger partial charge is 0.288 e. The molecule has 3 aromatic heterocycles. The fraction of sp³-hybridized carbons (Fsp3) is 0. The zero-order chi connectivity index (χ0) is 16.5. The Kier molecular flexibility index (Phi) is 3.72. The number of benzene rings is 1. The van der Waals surface area contributed by atoms with Gasteiger partial charge < -0.3 is 0 Å². The molecule has 1 amide bonds. The van der Waals surface area contributed by atoms with Crippen LogP contribution in [0.25, 0.3) is 16.2 Å². The Bertz CT molecular complexity index is 1010. The van der Waals surface area contributed by atoms with Gasteiger partial charge in [-0.1, -0.05) is 29.8 Å². The van der Waals surface area contributed by atoms with Crippen LogP contribution in [0.3, 0.4) is 0 Å². The van der Waals surface area contributed by atoms with Crippen LogP contribution in [-0.2, 0) is 0 Å². The molecule has 4 aromatic rings. The average molecular weight is 356 g/mol. The number of carbonyl (C=O) groups excluding carboxylic acids is 1. The Morgan fingerprint density at radius 1 is 1.17 bits per heavy atom. The highest BCUT2D eigenvalue weighted by Crippen LogP contribution is 2.26. The molecule has 0 saturated heterocycles. The van der Waals surface area contributed by atoms with Crippen molar-refractivity contribution in [3.8, 4) is 11.3 Å². The van der Waals surface area contributed by atoms with Crippen molar-refractivity contribution in [2.45, 2.75) is 0 Å². The molecule has 0 bridgehead atoms. The van der Waals surface area contributed by atoms with E-state index in [9.17, 15) is 4.79 Å². The van der Waals surface area contributed by atoms with Gasteiger partial charge in [0, 0.05) is 22.2 Å². The van der Waals surface area contributed by atoms with Gasteiger partial charge in [-0.15, -0.1) is 16.4 Å². The maximum absolute atomic E-state index is 12.1. The third-order valence-corrected chi connectivity index (χ3v) is 4.41. The summed E-state index contributed by atoms with van der Waals surface area (Å²) in [7, 11) is 0. The molecule has 1 N–H and O–H groups in total. The van der Waals surface area contributed by atoms with Gasteiger partial charge in [0.2, 0.25) is 4.96 Å². The first kappa shape index (κ1) is 14.8. The predicted octanol–water partition coefficient (Wildman–Crippen LogP) is 3.76. The number of nitrogens with zero attached hydrogens (tertiary/aromatic N) is 4. The van der Waals surface area contributed by atoms with Crippen molar-refractivity contribution in [1.82, 2.24) is 19.6 Å². The van der Waals surface area contributed by atoms with E-state index in [4.69, 9.17) is 11.6 Å². The second-order valence-electron chi connectivity index (χ2n) is 4.93. The zero-order valence-corrected chi connectivity index (χ0v) is 13.8. The van der Waals surface area contributed by atoms with Crippen molar-refractivity contribution < 1.29 is 4.79 Å². The summed E-state index contributed by atoms with van der Waals surface area (Å²) in [6.45, 7) is 0. The number of fused-ring (bicyclic) bond motifs is 1. The van der Waals surface area contributed by atoms with Crippen LogP contribution in [0.15, 0.2) is 54.0 Å². The van der Waals surface area contributed by atoms with Crippen molar-refractivity contribution in [2.24, 2.45) is 0 Å². The van der Waals surface area contributed by atoms with Crippen LogP contribution in [0.1, 0.15) is 10.5 Å². The topological polar surface area (TPSA) is 72.2 Å². The molecule has 3 heterocycles. The van der Waals surface area contributed by atoms with Crippen LogP contribution in [-0.4, -0.2) is 25.5 Å². The average Bonchev–Trinajstić information content (AvgIpc) is 3.16. The molecule has 118 valence electrons. The van der Waals surface area contributed by atoms with Crippen molar-refractivity contribution in [1.29, 1.82) is 0 Å². The number of rotatable bonds is 3. The molecule has 8 heteroatoms. The maximum Gasteiger partial charge on any atom is 0.276 e. The minimum absolute atomic E-state index is 0.243. The summed E-state index contributed by atoms with van der Waals surface area (Å²) >= 11 is 7.37. The van der Waals surface area contributed by atoms with E-state index >= 15 is 0 Å². The van der Waals surface area contributed by atoms with Gasteiger partial charge in [-0.25, -0.2) is 4.52 Å². The lowest BCUT2D eigenvalue weighted by Crippen LogP contribution is -2.14. The van der Waals surface area contributed by atoms with E-state index < -0.39 is 0 Å². The number of nitrogens with one attached hydrogen (secondary N) is 1. The lowest BCUT2D eigenvalue weighted by atomic mass is 10.2. The Morgan fingerprint density at radius 2 is 2.00 bits per heavy atom. The number of pyridine rings is 1. The number of aromatic nitrogens is 4. The maximum atomic E-state index is 12.1. The molecular weight excluding hydrogens is 346 g/mol. The highest BCUT2D eigenvalue weighted by Gasteiger charge is 2.14. The molecule has 0 atom stereocenters. The quantitative estimate of drug-likeness (QED) is 0.607. The lowest BCUT2D eigenvalue weighted by Gasteiger charge is -2.00. The Hall–Kier alpha value is -2.77. The van der Waals surface area contributed by atoms with Gasteiger partial charge in [-0.2, -0.15) is 4.98 Å². The van der Waals surface area contributed by atoms with Gasteiger partial charge in [-0.3, -0.25) is 15.1 Å². The third kappa shape index (κ3) is 2.75. The van der Waals surface area contributed by atoms with E-state index in [1.165, 1.54) is 11.3 Å². The van der Waals surface area contributed by atoms with E-state index in [1.807, 2.05) is 29.6 Å². The summed E-state index contributed by atoms with van der Waals surface area (Å²) in [5.74, 6) is -0.102. The highest BCUT2D eigenvalue weighted by molar-refractivity contribution is 7.15. The van der Waals surface area contributed by atoms with E-state index in [1.54, 1.807) is 28.9 Å². The minimum atomic E-state index is -0.345. The second kappa shape index (κ2) is 6.03. The molecular formula is C16H10ClN5OS. The van der Waals surface area contributed by atoms with E-state index in [2.05, 4.69) is 20.4 Å². The fourth-order valence-electron chi connectivity index (χ4n) is 2.22. The van der Waals surface area contributed by atoms with Crippen LogP contribution in [0, 0.1) is 0 Å². The van der Waals surface area contributed by atoms with Crippen LogP contribution in [0.5, 0.6) is 0 Å². The van der Waals surface area contributed by atoms with E-state index in [0.717, 1.165) is 11.3 Å². The van der Waals surface area contributed by atoms with Crippen LogP contribution in [0.2, 0.25) is 5.02 Å². The van der Waals surface area contributed by atoms with Gasteiger partial charge in [0.05, 0.1) is 5.69 Å². The molecule has 0 saturated carbocycles. The fourth-order valence-corrected chi connectivity index (χ4v) is 3.17. The zero-order valence-electron chi connectivity index (χ0n) is 12.2. The van der Waals surface area contributed by atoms with Gasteiger partial charge in [0.15, 0.2) is 0 Å². The SMILES string of the molecule is O=C(Nc1nc2scc(-c3ccc(Cl)cc3)n2n1)c1ccccn1. The van der Waals surface area contributed by atoms with Gasteiger partial charge >= 0.3 is 0 Å². The molecule has 0 spiro atoms. The first-order valence-corrected chi connectivity index (χ1v) is 8.29. The number of amides is 1. The Morgan fingerprint density at radius 3 is 2.75 bits per heavy atom. The number of hydrogen-bond donors (Lipinski definition) is 1. The van der Waals surface area contributed by atoms with Gasteiger partial charge in [0.1, 0.15) is 5.69 Å². The summed E-state index contributed by atoms with van der Waals surface area (Å²) in [4.78, 5) is 21.2. The number of thiazole rings is 1. The summed E-state index contributed by atoms with van der Waals surface area (Å²) in [5, 5.41) is 9.66. The molecule has 0 radical (unpaired) electrons. The summed E-state index contributed by atoms with van der Waals surface area (Å²) in [6, 6.07) is 12.6. The summed E-state index contributed by atoms with van der Waals surface area (Å²) in [5.41, 5.74) is 2.17. The molecule has 0 aliphatic heterocycles. The van der Waals surface area contributed by atoms with Gasteiger partial charge in [-0.05, 0) is 24.3 Å². The van der Waals surface area contributed by atoms with E-state index in [0.29, 0.717) is 15.7 Å². The van der Waals surface area contributed by atoms with Crippen LogP contribution in [0.4, 0.5) is 5.95 Å². The van der Waals surface area contributed by atoms with Crippen molar-refractivity contribution in [3.63, 3.8) is 0 Å². The number of anilines is 1. The van der Waals surface area contributed by atoms with Crippen molar-refractivity contribution in [2.75, 3.05) is 5.32 Å². The lowest BCUT2D eigenvalue weighted by molar-refractivity contribution is 0.102. The minimum Gasteiger partial charge on any atom is -0.288 e. The summed E-state index contributed by atoms with van der Waals surface area (Å²) < 4.78 is 1.70. The van der Waals surface area contributed by atoms with Crippen LogP contribution >= 0.6 is 22.9 Å². The predicted molar refractivity (Wildman–Crippen MR) is 93.5 cm³/mol. The molecule has 1 aromatic carbocycles. The summed E-state index contributed by atoms with van der Waals surface area (Å²) in [6.07, 6.45) is 1.56. The molecule has 0 aliphatic rings. The number of carbonyl (C=O) groups is 1. The normalized spacial score (nSPS) is 10.9. The Labute approximate surface area is 145 Å². The van der Waals surface area contributed by atoms with Crippen molar-refractivity contribution in [3.05, 3.63) is 64.8 Å². The van der Waals surface area contributed by atoms with Gasteiger partial charge in [0.25, 0.3) is 11.9 Å². The first-order valence-electron chi connectivity index (χ1n) is 7.03. The second-order valence-corrected chi connectivity index (χ2v) is 6.20. The molecule has 0 unspecified atom stereocenters. The third-order valence-electron chi connectivity index (χ3n) is 3.34. The molecule has 4 rings (SSSR count). The first-order chi connectivity index (χ1) is 11.7. The molecule has 0 aliphatic carbocycles. The van der Waals surface area contributed by atoms with Crippen molar-refractivity contribution >= 4 is 39.8 Å². The van der Waals surface area contributed by atoms with Crippen LogP contribution < -0.4 is 5.32 Å². The Balaban J connectivity index is 1.65.